The SMILES string of the molecule is CC1CC(C)CC(C2CCCC(O)C2)C1. The average Bonchev–Trinajstić information content (AvgIpc) is 2.16. The molecule has 0 aromatic carbocycles. The van der Waals surface area contributed by atoms with Crippen LogP contribution < -0.4 is 0 Å². The number of aliphatic hydroxyl groups excluding tert-OH is 1. The Balaban J connectivity index is 1.91. The summed E-state index contributed by atoms with van der Waals surface area (Å²) in [5.41, 5.74) is 0. The predicted octanol–water partition coefficient (Wildman–Crippen LogP) is 3.61. The van der Waals surface area contributed by atoms with Gasteiger partial charge in [-0.1, -0.05) is 20.3 Å². The van der Waals surface area contributed by atoms with E-state index in [0.717, 1.165) is 36.5 Å². The first-order chi connectivity index (χ1) is 7.15. The first-order valence-electron chi connectivity index (χ1n) is 6.83. The van der Waals surface area contributed by atoms with Crippen molar-refractivity contribution in [1.29, 1.82) is 0 Å². The van der Waals surface area contributed by atoms with Crippen molar-refractivity contribution in [3.8, 4) is 0 Å². The predicted molar refractivity (Wildman–Crippen MR) is 63.6 cm³/mol. The van der Waals surface area contributed by atoms with E-state index in [0.29, 0.717) is 0 Å². The van der Waals surface area contributed by atoms with Crippen molar-refractivity contribution in [2.45, 2.75) is 64.9 Å². The molecule has 0 bridgehead atoms. The van der Waals surface area contributed by atoms with Crippen LogP contribution in [0.5, 0.6) is 0 Å². The highest BCUT2D eigenvalue weighted by atomic mass is 16.3. The molecule has 0 aromatic rings. The fourth-order valence-corrected chi connectivity index (χ4v) is 4.02. The second-order valence-corrected chi connectivity index (χ2v) is 6.26. The van der Waals surface area contributed by atoms with Gasteiger partial charge < -0.3 is 5.11 Å². The van der Waals surface area contributed by atoms with Crippen molar-refractivity contribution in [2.75, 3.05) is 0 Å². The molecule has 2 fully saturated rings. The minimum absolute atomic E-state index is 0.0105. The molecule has 0 spiro atoms. The van der Waals surface area contributed by atoms with Gasteiger partial charge in [-0.05, 0) is 62.2 Å². The fourth-order valence-electron chi connectivity index (χ4n) is 4.02. The zero-order valence-electron chi connectivity index (χ0n) is 10.3. The smallest absolute Gasteiger partial charge is 0.0543 e. The summed E-state index contributed by atoms with van der Waals surface area (Å²) < 4.78 is 0. The van der Waals surface area contributed by atoms with E-state index in [4.69, 9.17) is 0 Å². The lowest BCUT2D eigenvalue weighted by atomic mass is 9.67. The molecule has 2 aliphatic rings. The zero-order valence-corrected chi connectivity index (χ0v) is 10.3. The Bertz CT molecular complexity index is 192. The highest BCUT2D eigenvalue weighted by Gasteiger charge is 2.32. The van der Waals surface area contributed by atoms with Gasteiger partial charge in [-0.15, -0.1) is 0 Å². The van der Waals surface area contributed by atoms with Gasteiger partial charge >= 0.3 is 0 Å². The molecule has 88 valence electrons. The fraction of sp³-hybridized carbons (Fsp3) is 1.00. The molecule has 0 aliphatic heterocycles. The molecule has 15 heavy (non-hydrogen) atoms. The third-order valence-corrected chi connectivity index (χ3v) is 4.57. The van der Waals surface area contributed by atoms with E-state index in [9.17, 15) is 5.11 Å². The Morgan fingerprint density at radius 3 is 2.07 bits per heavy atom. The van der Waals surface area contributed by atoms with Crippen LogP contribution in [0.4, 0.5) is 0 Å². The van der Waals surface area contributed by atoms with Crippen molar-refractivity contribution >= 4 is 0 Å². The van der Waals surface area contributed by atoms with Crippen LogP contribution in [-0.4, -0.2) is 11.2 Å². The summed E-state index contributed by atoms with van der Waals surface area (Å²) in [6.07, 6.45) is 9.04. The molecule has 2 aliphatic carbocycles. The molecule has 4 unspecified atom stereocenters. The third-order valence-electron chi connectivity index (χ3n) is 4.57. The Kier molecular flexibility index (Phi) is 3.71. The maximum atomic E-state index is 9.74. The molecular weight excluding hydrogens is 184 g/mol. The molecular formula is C14H26O. The molecule has 0 radical (unpaired) electrons. The van der Waals surface area contributed by atoms with Crippen LogP contribution in [0.3, 0.4) is 0 Å². The second kappa shape index (κ2) is 4.86. The maximum Gasteiger partial charge on any atom is 0.0543 e. The summed E-state index contributed by atoms with van der Waals surface area (Å²) >= 11 is 0. The highest BCUT2D eigenvalue weighted by Crippen LogP contribution is 2.42. The minimum Gasteiger partial charge on any atom is -0.393 e. The van der Waals surface area contributed by atoms with E-state index in [1.54, 1.807) is 0 Å². The number of rotatable bonds is 1. The molecule has 1 N–H and O–H groups in total. The van der Waals surface area contributed by atoms with Gasteiger partial charge in [-0.25, -0.2) is 0 Å². The van der Waals surface area contributed by atoms with Crippen LogP contribution in [0, 0.1) is 23.7 Å². The van der Waals surface area contributed by atoms with Gasteiger partial charge in [0.15, 0.2) is 0 Å². The van der Waals surface area contributed by atoms with Gasteiger partial charge in [0, 0.05) is 0 Å². The molecule has 0 heterocycles. The summed E-state index contributed by atoms with van der Waals surface area (Å²) in [7, 11) is 0. The van der Waals surface area contributed by atoms with Crippen LogP contribution in [0.2, 0.25) is 0 Å². The summed E-state index contributed by atoms with van der Waals surface area (Å²) in [6, 6.07) is 0. The van der Waals surface area contributed by atoms with Crippen LogP contribution in [0.25, 0.3) is 0 Å². The molecule has 1 nitrogen and oxygen atoms in total. The average molecular weight is 210 g/mol. The van der Waals surface area contributed by atoms with Gasteiger partial charge in [0.2, 0.25) is 0 Å². The first-order valence-corrected chi connectivity index (χ1v) is 6.83. The summed E-state index contributed by atoms with van der Waals surface area (Å²) in [4.78, 5) is 0. The molecule has 2 rings (SSSR count). The standard InChI is InChI=1S/C14H26O/c1-10-6-11(2)8-13(7-10)12-4-3-5-14(15)9-12/h10-15H,3-9H2,1-2H3. The summed E-state index contributed by atoms with van der Waals surface area (Å²) in [5, 5.41) is 9.74. The largest absolute Gasteiger partial charge is 0.393 e. The topological polar surface area (TPSA) is 20.2 Å². The van der Waals surface area contributed by atoms with E-state index in [1.807, 2.05) is 0 Å². The molecule has 1 heteroatoms. The van der Waals surface area contributed by atoms with E-state index in [2.05, 4.69) is 13.8 Å². The van der Waals surface area contributed by atoms with Crippen molar-refractivity contribution in [2.24, 2.45) is 23.7 Å². The molecule has 0 amide bonds. The quantitative estimate of drug-likeness (QED) is 0.701. The second-order valence-electron chi connectivity index (χ2n) is 6.26. The van der Waals surface area contributed by atoms with E-state index < -0.39 is 0 Å². The van der Waals surface area contributed by atoms with Gasteiger partial charge in [0.25, 0.3) is 0 Å². The van der Waals surface area contributed by atoms with Gasteiger partial charge in [-0.3, -0.25) is 0 Å². The Morgan fingerprint density at radius 2 is 1.47 bits per heavy atom. The Morgan fingerprint density at radius 1 is 0.800 bits per heavy atom. The van der Waals surface area contributed by atoms with Gasteiger partial charge in [-0.2, -0.15) is 0 Å². The van der Waals surface area contributed by atoms with Crippen LogP contribution in [0.1, 0.15) is 58.8 Å². The lowest BCUT2D eigenvalue weighted by molar-refractivity contribution is 0.0547. The van der Waals surface area contributed by atoms with Gasteiger partial charge in [0.1, 0.15) is 0 Å². The zero-order chi connectivity index (χ0) is 10.8. The molecule has 0 aromatic heterocycles. The Hall–Kier alpha value is -0.0400. The van der Waals surface area contributed by atoms with Crippen molar-refractivity contribution < 1.29 is 5.11 Å². The lowest BCUT2D eigenvalue weighted by Gasteiger charge is -2.39. The minimum atomic E-state index is 0.0105. The third kappa shape index (κ3) is 2.96. The molecule has 2 saturated carbocycles. The van der Waals surface area contributed by atoms with Crippen molar-refractivity contribution in [3.63, 3.8) is 0 Å². The van der Waals surface area contributed by atoms with Crippen LogP contribution in [-0.2, 0) is 0 Å². The Labute approximate surface area is 94.3 Å². The summed E-state index contributed by atoms with van der Waals surface area (Å²) in [6.45, 7) is 4.81. The van der Waals surface area contributed by atoms with E-state index in [1.165, 1.54) is 32.1 Å². The van der Waals surface area contributed by atoms with E-state index >= 15 is 0 Å². The summed E-state index contributed by atoms with van der Waals surface area (Å²) in [5.74, 6) is 3.58. The van der Waals surface area contributed by atoms with Crippen molar-refractivity contribution in [1.82, 2.24) is 0 Å². The number of aliphatic hydroxyl groups is 1. The number of hydrogen-bond donors (Lipinski definition) is 1. The normalized spacial score (nSPS) is 47.8. The van der Waals surface area contributed by atoms with Crippen LogP contribution >= 0.6 is 0 Å². The number of hydrogen-bond acceptors (Lipinski definition) is 1. The van der Waals surface area contributed by atoms with Gasteiger partial charge in [0.05, 0.1) is 6.10 Å². The monoisotopic (exact) mass is 210 g/mol. The molecule has 0 saturated heterocycles. The van der Waals surface area contributed by atoms with Crippen LogP contribution in [0.15, 0.2) is 0 Å². The van der Waals surface area contributed by atoms with Crippen molar-refractivity contribution in [3.05, 3.63) is 0 Å². The lowest BCUT2D eigenvalue weighted by Crippen LogP contribution is -2.30. The molecule has 4 atom stereocenters. The first kappa shape index (κ1) is 11.4. The highest BCUT2D eigenvalue weighted by molar-refractivity contribution is 4.83. The van der Waals surface area contributed by atoms with E-state index in [-0.39, 0.29) is 6.10 Å². The maximum absolute atomic E-state index is 9.74.